The van der Waals surface area contributed by atoms with Crippen LogP contribution < -0.4 is 0 Å². The zero-order chi connectivity index (χ0) is 14.0. The van der Waals surface area contributed by atoms with Crippen LogP contribution >= 0.6 is 23.2 Å². The quantitative estimate of drug-likeness (QED) is 0.906. The molecule has 1 fully saturated rings. The third-order valence-electron chi connectivity index (χ3n) is 2.81. The number of aliphatic carboxylic acids is 1. The van der Waals surface area contributed by atoms with E-state index in [1.807, 2.05) is 0 Å². The van der Waals surface area contributed by atoms with Gasteiger partial charge in [0.2, 0.25) is 0 Å². The monoisotopic (exact) mass is 303 g/mol. The first kappa shape index (κ1) is 14.1. The maximum absolute atomic E-state index is 12.3. The average molecular weight is 304 g/mol. The number of halogens is 2. The van der Waals surface area contributed by atoms with E-state index < -0.39 is 12.1 Å². The summed E-state index contributed by atoms with van der Waals surface area (Å²) < 4.78 is 5.06. The van der Waals surface area contributed by atoms with Gasteiger partial charge in [-0.1, -0.05) is 29.3 Å². The lowest BCUT2D eigenvalue weighted by atomic mass is 10.1. The molecular formula is C12H11Cl2NO4. The van der Waals surface area contributed by atoms with Crippen LogP contribution in [0.25, 0.3) is 0 Å². The Morgan fingerprint density at radius 3 is 2.79 bits per heavy atom. The fourth-order valence-electron chi connectivity index (χ4n) is 1.82. The second-order valence-electron chi connectivity index (χ2n) is 4.05. The Labute approximate surface area is 119 Å². The second-order valence-corrected chi connectivity index (χ2v) is 4.84. The zero-order valence-electron chi connectivity index (χ0n) is 9.81. The Morgan fingerprint density at radius 1 is 1.37 bits per heavy atom. The standard InChI is InChI=1S/C12H11Cl2NO4/c13-8-3-1-2-7(10(8)14)11(16)15-4-5-19-9(6-15)12(17)18/h1-3,9H,4-6H2,(H,17,18)/t9-/m0/s1. The summed E-state index contributed by atoms with van der Waals surface area (Å²) in [4.78, 5) is 24.5. The van der Waals surface area contributed by atoms with E-state index in [2.05, 4.69) is 0 Å². The molecule has 0 aromatic heterocycles. The Morgan fingerprint density at radius 2 is 2.11 bits per heavy atom. The summed E-state index contributed by atoms with van der Waals surface area (Å²) in [5.74, 6) is -1.43. The van der Waals surface area contributed by atoms with E-state index in [0.29, 0.717) is 6.54 Å². The topological polar surface area (TPSA) is 66.8 Å². The minimum atomic E-state index is -1.09. The normalized spacial score (nSPS) is 19.3. The van der Waals surface area contributed by atoms with Gasteiger partial charge in [-0.15, -0.1) is 0 Å². The number of carbonyl (C=O) groups is 2. The molecule has 1 aliphatic rings. The van der Waals surface area contributed by atoms with Crippen LogP contribution in [-0.2, 0) is 9.53 Å². The first-order chi connectivity index (χ1) is 9.00. The van der Waals surface area contributed by atoms with Gasteiger partial charge in [-0.3, -0.25) is 4.79 Å². The van der Waals surface area contributed by atoms with E-state index in [0.717, 1.165) is 0 Å². The highest BCUT2D eigenvalue weighted by Gasteiger charge is 2.30. The molecule has 1 aromatic carbocycles. The molecule has 0 saturated carbocycles. The predicted octanol–water partition coefficient (Wildman–Crippen LogP) is 1.92. The number of nitrogens with zero attached hydrogens (tertiary/aromatic N) is 1. The molecule has 19 heavy (non-hydrogen) atoms. The van der Waals surface area contributed by atoms with Crippen LogP contribution in [0.5, 0.6) is 0 Å². The maximum Gasteiger partial charge on any atom is 0.334 e. The zero-order valence-corrected chi connectivity index (χ0v) is 11.3. The molecule has 5 nitrogen and oxygen atoms in total. The van der Waals surface area contributed by atoms with Gasteiger partial charge in [-0.25, -0.2) is 4.79 Å². The van der Waals surface area contributed by atoms with Crippen molar-refractivity contribution in [3.8, 4) is 0 Å². The number of carboxylic acid groups (broad SMARTS) is 1. The summed E-state index contributed by atoms with van der Waals surface area (Å²) in [5.41, 5.74) is 0.264. The van der Waals surface area contributed by atoms with E-state index in [9.17, 15) is 9.59 Å². The van der Waals surface area contributed by atoms with Crippen molar-refractivity contribution in [2.75, 3.05) is 19.7 Å². The average Bonchev–Trinajstić information content (AvgIpc) is 2.41. The molecule has 7 heteroatoms. The van der Waals surface area contributed by atoms with E-state index >= 15 is 0 Å². The number of amides is 1. The van der Waals surface area contributed by atoms with Crippen LogP contribution in [0.2, 0.25) is 10.0 Å². The molecule has 1 heterocycles. The summed E-state index contributed by atoms with van der Waals surface area (Å²) in [7, 11) is 0. The fraction of sp³-hybridized carbons (Fsp3) is 0.333. The van der Waals surface area contributed by atoms with Gasteiger partial charge in [0.1, 0.15) is 0 Å². The number of ether oxygens (including phenoxy) is 1. The lowest BCUT2D eigenvalue weighted by Gasteiger charge is -2.31. The Kier molecular flexibility index (Phi) is 4.29. The third kappa shape index (κ3) is 3.00. The van der Waals surface area contributed by atoms with Gasteiger partial charge in [-0.05, 0) is 12.1 Å². The fourth-order valence-corrected chi connectivity index (χ4v) is 2.20. The smallest absolute Gasteiger partial charge is 0.334 e. The van der Waals surface area contributed by atoms with Crippen molar-refractivity contribution in [2.24, 2.45) is 0 Å². The molecule has 1 saturated heterocycles. The van der Waals surface area contributed by atoms with Gasteiger partial charge >= 0.3 is 5.97 Å². The molecule has 0 radical (unpaired) electrons. The summed E-state index contributed by atoms with van der Waals surface area (Å²) in [5, 5.41) is 9.36. The number of carbonyl (C=O) groups excluding carboxylic acids is 1. The van der Waals surface area contributed by atoms with Gasteiger partial charge in [0.25, 0.3) is 5.91 Å². The number of rotatable bonds is 2. The van der Waals surface area contributed by atoms with Gasteiger partial charge in [-0.2, -0.15) is 0 Å². The molecule has 0 unspecified atom stereocenters. The van der Waals surface area contributed by atoms with Gasteiger partial charge in [0, 0.05) is 6.54 Å². The van der Waals surface area contributed by atoms with E-state index in [4.69, 9.17) is 33.0 Å². The number of hydrogen-bond acceptors (Lipinski definition) is 3. The molecule has 102 valence electrons. The first-order valence-electron chi connectivity index (χ1n) is 5.58. The summed E-state index contributed by atoms with van der Waals surface area (Å²) in [6.07, 6.45) is -1.00. The number of morpholine rings is 1. The van der Waals surface area contributed by atoms with E-state index in [1.54, 1.807) is 18.2 Å². The lowest BCUT2D eigenvalue weighted by Crippen LogP contribution is -2.48. The molecular weight excluding hydrogens is 293 g/mol. The van der Waals surface area contributed by atoms with E-state index in [1.165, 1.54) is 4.90 Å². The molecule has 0 aliphatic carbocycles. The van der Waals surface area contributed by atoms with Crippen molar-refractivity contribution in [1.82, 2.24) is 4.90 Å². The molecule has 2 rings (SSSR count). The summed E-state index contributed by atoms with van der Waals surface area (Å²) >= 11 is 11.8. The molecule has 1 aliphatic heterocycles. The van der Waals surface area contributed by atoms with Crippen molar-refractivity contribution in [3.05, 3.63) is 33.8 Å². The second kappa shape index (κ2) is 5.77. The van der Waals surface area contributed by atoms with Crippen molar-refractivity contribution >= 4 is 35.1 Å². The number of hydrogen-bond donors (Lipinski definition) is 1. The molecule has 1 N–H and O–H groups in total. The molecule has 1 amide bonds. The molecule has 0 spiro atoms. The lowest BCUT2D eigenvalue weighted by molar-refractivity contribution is -0.154. The Balaban J connectivity index is 2.19. The van der Waals surface area contributed by atoms with Crippen LogP contribution in [0.3, 0.4) is 0 Å². The summed E-state index contributed by atoms with van der Waals surface area (Å²) in [6, 6.07) is 4.76. The first-order valence-corrected chi connectivity index (χ1v) is 6.34. The third-order valence-corrected chi connectivity index (χ3v) is 3.63. The predicted molar refractivity (Wildman–Crippen MR) is 69.7 cm³/mol. The Hall–Kier alpha value is -1.30. The van der Waals surface area contributed by atoms with Crippen LogP contribution in [0, 0.1) is 0 Å². The van der Waals surface area contributed by atoms with Gasteiger partial charge in [0.05, 0.1) is 28.8 Å². The highest BCUT2D eigenvalue weighted by molar-refractivity contribution is 6.43. The minimum Gasteiger partial charge on any atom is -0.479 e. The van der Waals surface area contributed by atoms with Crippen LogP contribution in [0.4, 0.5) is 0 Å². The molecule has 1 aromatic rings. The molecule has 0 bridgehead atoms. The Bertz CT molecular complexity index is 520. The van der Waals surface area contributed by atoms with Crippen LogP contribution in [-0.4, -0.2) is 47.7 Å². The summed E-state index contributed by atoms with van der Waals surface area (Å²) in [6.45, 7) is 0.503. The SMILES string of the molecule is O=C(O)[C@@H]1CN(C(=O)c2cccc(Cl)c2Cl)CCO1. The largest absolute Gasteiger partial charge is 0.479 e. The van der Waals surface area contributed by atoms with Crippen molar-refractivity contribution in [3.63, 3.8) is 0 Å². The van der Waals surface area contributed by atoms with Crippen molar-refractivity contribution in [2.45, 2.75) is 6.10 Å². The minimum absolute atomic E-state index is 0.00297. The van der Waals surface area contributed by atoms with Crippen molar-refractivity contribution < 1.29 is 19.4 Å². The van der Waals surface area contributed by atoms with Crippen molar-refractivity contribution in [1.29, 1.82) is 0 Å². The highest BCUT2D eigenvalue weighted by Crippen LogP contribution is 2.27. The number of benzene rings is 1. The maximum atomic E-state index is 12.3. The van der Waals surface area contributed by atoms with E-state index in [-0.39, 0.29) is 34.7 Å². The highest BCUT2D eigenvalue weighted by atomic mass is 35.5. The van der Waals surface area contributed by atoms with Crippen LogP contribution in [0.15, 0.2) is 18.2 Å². The van der Waals surface area contributed by atoms with Gasteiger partial charge < -0.3 is 14.7 Å². The van der Waals surface area contributed by atoms with Crippen LogP contribution in [0.1, 0.15) is 10.4 Å². The number of carboxylic acids is 1. The van der Waals surface area contributed by atoms with Gasteiger partial charge in [0.15, 0.2) is 6.10 Å². The molecule has 1 atom stereocenters.